The normalized spacial score (nSPS) is 11.8. The van der Waals surface area contributed by atoms with Gasteiger partial charge in [-0.2, -0.15) is 0 Å². The van der Waals surface area contributed by atoms with Crippen LogP contribution in [0.25, 0.3) is 0 Å². The van der Waals surface area contributed by atoms with Crippen LogP contribution >= 0.6 is 23.2 Å². The van der Waals surface area contributed by atoms with Crippen LogP contribution < -0.4 is 0 Å². The van der Waals surface area contributed by atoms with Crippen LogP contribution in [-0.4, -0.2) is 51.7 Å². The topological polar surface area (TPSA) is 45.6 Å². The summed E-state index contributed by atoms with van der Waals surface area (Å²) in [6.07, 6.45) is 2.01. The van der Waals surface area contributed by atoms with Crippen molar-refractivity contribution in [2.45, 2.75) is 54.6 Å². The monoisotopic (exact) mass is 507 g/mol. The molecule has 2 aromatic rings. The molecule has 0 fully saturated rings. The van der Waals surface area contributed by atoms with Gasteiger partial charge in [-0.25, -0.2) is 0 Å². The molecule has 0 unspecified atom stereocenters. The minimum absolute atomic E-state index is 0.0509. The molecular weight excluding hydrogens is 469 g/mol. The Balaban J connectivity index is 2.23. The third-order valence-corrected chi connectivity index (χ3v) is 6.66. The number of rotatable bonds is 12. The maximum Gasteiger partial charge on any atom is 0.242 e. The van der Waals surface area contributed by atoms with E-state index in [9.17, 15) is 9.59 Å². The van der Waals surface area contributed by atoms with E-state index in [1.165, 1.54) is 0 Å². The molecule has 0 aliphatic rings. The van der Waals surface area contributed by atoms with Crippen molar-refractivity contribution >= 4 is 35.0 Å². The Morgan fingerprint density at radius 3 is 2.18 bits per heavy atom. The molecule has 188 valence electrons. The lowest BCUT2D eigenvalue weighted by Gasteiger charge is -2.34. The molecule has 0 atom stereocenters. The number of nitrogens with zero attached hydrogens (tertiary/aromatic N) is 3. The van der Waals surface area contributed by atoms with Crippen molar-refractivity contribution < 1.29 is 9.59 Å². The van der Waals surface area contributed by atoms with Crippen LogP contribution in [0, 0.1) is 17.3 Å². The van der Waals surface area contributed by atoms with Crippen LogP contribution in [0.4, 0.5) is 0 Å². The maximum atomic E-state index is 13.5. The van der Waals surface area contributed by atoms with Gasteiger partial charge in [-0.15, -0.1) is 11.6 Å². The SMILES string of the molecule is CC(C)CN(Cc1cccn1Cc1ccccc1Cl)C(=O)CN(CC(C)C)C(=O)C(C)(C)CCl. The fourth-order valence-corrected chi connectivity index (χ4v) is 4.17. The minimum Gasteiger partial charge on any atom is -0.345 e. The smallest absolute Gasteiger partial charge is 0.242 e. The van der Waals surface area contributed by atoms with Crippen LogP contribution in [0.1, 0.15) is 52.8 Å². The Morgan fingerprint density at radius 2 is 1.59 bits per heavy atom. The van der Waals surface area contributed by atoms with Crippen molar-refractivity contribution in [1.82, 2.24) is 14.4 Å². The van der Waals surface area contributed by atoms with E-state index in [0.717, 1.165) is 16.3 Å². The summed E-state index contributed by atoms with van der Waals surface area (Å²) in [6.45, 7) is 14.2. The summed E-state index contributed by atoms with van der Waals surface area (Å²) in [6, 6.07) is 11.8. The third-order valence-electron chi connectivity index (χ3n) is 5.63. The predicted octanol–water partition coefficient (Wildman–Crippen LogP) is 5.92. The van der Waals surface area contributed by atoms with Gasteiger partial charge in [-0.05, 0) is 49.4 Å². The second-order valence-corrected chi connectivity index (χ2v) is 11.2. The molecule has 34 heavy (non-hydrogen) atoms. The van der Waals surface area contributed by atoms with Gasteiger partial charge in [0.25, 0.3) is 0 Å². The summed E-state index contributed by atoms with van der Waals surface area (Å²) in [5, 5.41) is 0.724. The summed E-state index contributed by atoms with van der Waals surface area (Å²) in [4.78, 5) is 30.2. The Morgan fingerprint density at radius 1 is 0.971 bits per heavy atom. The van der Waals surface area contributed by atoms with Gasteiger partial charge >= 0.3 is 0 Å². The number of benzene rings is 1. The van der Waals surface area contributed by atoms with Crippen molar-refractivity contribution in [2.24, 2.45) is 17.3 Å². The van der Waals surface area contributed by atoms with E-state index < -0.39 is 5.41 Å². The summed E-state index contributed by atoms with van der Waals surface area (Å²) in [5.74, 6) is 0.605. The number of carbonyl (C=O) groups is 2. The van der Waals surface area contributed by atoms with Gasteiger partial charge in [-0.3, -0.25) is 9.59 Å². The number of carbonyl (C=O) groups excluding carboxylic acids is 2. The number of hydrogen-bond donors (Lipinski definition) is 0. The lowest BCUT2D eigenvalue weighted by molar-refractivity contribution is -0.146. The zero-order chi connectivity index (χ0) is 25.5. The fraction of sp³-hybridized carbons (Fsp3) is 0.556. The molecule has 0 saturated heterocycles. The first-order valence-electron chi connectivity index (χ1n) is 11.9. The summed E-state index contributed by atoms with van der Waals surface area (Å²) in [7, 11) is 0. The van der Waals surface area contributed by atoms with E-state index >= 15 is 0 Å². The fourth-order valence-electron chi connectivity index (χ4n) is 3.86. The predicted molar refractivity (Wildman–Crippen MR) is 141 cm³/mol. The number of aromatic nitrogens is 1. The summed E-state index contributed by atoms with van der Waals surface area (Å²) >= 11 is 12.4. The van der Waals surface area contributed by atoms with Gasteiger partial charge in [0.15, 0.2) is 0 Å². The van der Waals surface area contributed by atoms with Crippen LogP contribution in [0.2, 0.25) is 5.02 Å². The maximum absolute atomic E-state index is 13.5. The number of hydrogen-bond acceptors (Lipinski definition) is 2. The average molecular weight is 509 g/mol. The first-order valence-corrected chi connectivity index (χ1v) is 12.9. The highest BCUT2D eigenvalue weighted by molar-refractivity contribution is 6.31. The second-order valence-electron chi connectivity index (χ2n) is 10.5. The molecule has 1 aromatic carbocycles. The molecule has 0 aliphatic carbocycles. The minimum atomic E-state index is -0.719. The average Bonchev–Trinajstić information content (AvgIpc) is 3.19. The zero-order valence-electron chi connectivity index (χ0n) is 21.4. The molecule has 0 radical (unpaired) electrons. The number of alkyl halides is 1. The van der Waals surface area contributed by atoms with Crippen LogP contribution in [0.5, 0.6) is 0 Å². The second kappa shape index (κ2) is 12.6. The van der Waals surface area contributed by atoms with Crippen LogP contribution in [-0.2, 0) is 22.7 Å². The van der Waals surface area contributed by atoms with Crippen LogP contribution in [0.15, 0.2) is 42.6 Å². The first-order chi connectivity index (χ1) is 15.9. The molecule has 0 spiro atoms. The van der Waals surface area contributed by atoms with E-state index in [1.54, 1.807) is 4.90 Å². The zero-order valence-corrected chi connectivity index (χ0v) is 22.9. The molecule has 2 amide bonds. The number of amides is 2. The van der Waals surface area contributed by atoms with Crippen molar-refractivity contribution in [3.63, 3.8) is 0 Å². The van der Waals surface area contributed by atoms with Gasteiger partial charge in [0.2, 0.25) is 11.8 Å². The molecule has 7 heteroatoms. The molecule has 0 aliphatic heterocycles. The van der Waals surface area contributed by atoms with Crippen molar-refractivity contribution in [2.75, 3.05) is 25.5 Å². The van der Waals surface area contributed by atoms with Crippen molar-refractivity contribution in [3.05, 3.63) is 58.9 Å². The van der Waals surface area contributed by atoms with Gasteiger partial charge in [0.05, 0.1) is 18.5 Å². The van der Waals surface area contributed by atoms with Crippen molar-refractivity contribution in [1.29, 1.82) is 0 Å². The quantitative estimate of drug-likeness (QED) is 0.334. The first kappa shape index (κ1) is 28.3. The van der Waals surface area contributed by atoms with Gasteiger partial charge in [-0.1, -0.05) is 57.5 Å². The molecule has 0 N–H and O–H groups in total. The largest absolute Gasteiger partial charge is 0.345 e. The molecule has 0 bridgehead atoms. The standard InChI is InChI=1S/C27H39Cl2N3O2/c1-20(2)14-31(25(33)18-32(15-21(3)4)26(34)27(5,6)19-28)17-23-11-9-13-30(23)16-22-10-7-8-12-24(22)29/h7-13,20-21H,14-19H2,1-6H3. The highest BCUT2D eigenvalue weighted by Gasteiger charge is 2.33. The van der Waals surface area contributed by atoms with E-state index in [4.69, 9.17) is 23.2 Å². The molecular formula is C27H39Cl2N3O2. The highest BCUT2D eigenvalue weighted by atomic mass is 35.5. The molecule has 1 aromatic heterocycles. The Hall–Kier alpha value is -1.98. The van der Waals surface area contributed by atoms with Gasteiger partial charge in [0, 0.05) is 42.4 Å². The van der Waals surface area contributed by atoms with Crippen LogP contribution in [0.3, 0.4) is 0 Å². The van der Waals surface area contributed by atoms with Crippen molar-refractivity contribution in [3.8, 4) is 0 Å². The number of halogens is 2. The van der Waals surface area contributed by atoms with E-state index in [0.29, 0.717) is 32.1 Å². The van der Waals surface area contributed by atoms with E-state index in [2.05, 4.69) is 18.4 Å². The lowest BCUT2D eigenvalue weighted by Crippen LogP contribution is -2.49. The lowest BCUT2D eigenvalue weighted by atomic mass is 9.93. The molecule has 1 heterocycles. The summed E-state index contributed by atoms with van der Waals surface area (Å²) in [5.41, 5.74) is 1.33. The van der Waals surface area contributed by atoms with E-state index in [1.807, 2.05) is 75.2 Å². The van der Waals surface area contributed by atoms with E-state index in [-0.39, 0.29) is 30.2 Å². The third kappa shape index (κ3) is 8.06. The molecule has 5 nitrogen and oxygen atoms in total. The Labute approximate surface area is 215 Å². The van der Waals surface area contributed by atoms with Gasteiger partial charge < -0.3 is 14.4 Å². The molecule has 2 rings (SSSR count). The van der Waals surface area contributed by atoms with Gasteiger partial charge in [0.1, 0.15) is 0 Å². The Bertz CT molecular complexity index is 953. The highest BCUT2D eigenvalue weighted by Crippen LogP contribution is 2.22. The molecule has 0 saturated carbocycles. The Kier molecular flexibility index (Phi) is 10.5. The summed E-state index contributed by atoms with van der Waals surface area (Å²) < 4.78 is 2.12.